The summed E-state index contributed by atoms with van der Waals surface area (Å²) in [5.41, 5.74) is 4.94. The van der Waals surface area contributed by atoms with Gasteiger partial charge in [0.2, 0.25) is 0 Å². The van der Waals surface area contributed by atoms with Crippen molar-refractivity contribution in [3.05, 3.63) is 64.5 Å². The fourth-order valence-corrected chi connectivity index (χ4v) is 5.95. The highest BCUT2D eigenvalue weighted by Crippen LogP contribution is 2.31. The Bertz CT molecular complexity index is 1510. The zero-order chi connectivity index (χ0) is 27.9. The number of hydrogen-bond donors (Lipinski definition) is 1. The third-order valence-corrected chi connectivity index (χ3v) is 9.11. The maximum absolute atomic E-state index is 12.9. The first-order valence-electron chi connectivity index (χ1n) is 14.0. The molecule has 2 fully saturated rings. The fraction of sp³-hybridized carbons (Fsp3) is 0.433. The van der Waals surface area contributed by atoms with Crippen LogP contribution < -0.4 is 10.2 Å². The van der Waals surface area contributed by atoms with E-state index in [1.165, 1.54) is 35.6 Å². The second kappa shape index (κ2) is 10.7. The lowest BCUT2D eigenvalue weighted by Crippen LogP contribution is -2.47. The topological polar surface area (TPSA) is 92.1 Å². The summed E-state index contributed by atoms with van der Waals surface area (Å²) in [6.45, 7) is 13.8. The number of amides is 1. The average Bonchev–Trinajstić information content (AvgIpc) is 3.39. The van der Waals surface area contributed by atoms with Crippen molar-refractivity contribution in [1.82, 2.24) is 29.9 Å². The van der Waals surface area contributed by atoms with Gasteiger partial charge in [0.15, 0.2) is 0 Å². The Labute approximate surface area is 239 Å². The fourth-order valence-electron chi connectivity index (χ4n) is 4.99. The van der Waals surface area contributed by atoms with Gasteiger partial charge in [-0.3, -0.25) is 19.7 Å². The standard InChI is InChI=1S/C30H36N8OS/c1-20-26(14-23(16-32-20)33-29(39)27-7-8-28(40-27)30(2,3)4)38-19-25(34-35-38)22-13-24(17-31-15-22)37-11-9-36(10-12-37)18-21-5-6-21/h7-8,13-17,19,21H,5-6,9-12,18H2,1-4H3,(H,33,39). The number of nitrogens with one attached hydrogen (secondary N) is 1. The Morgan fingerprint density at radius 1 is 1.07 bits per heavy atom. The van der Waals surface area contributed by atoms with E-state index in [2.05, 4.69) is 62.2 Å². The van der Waals surface area contributed by atoms with Gasteiger partial charge >= 0.3 is 0 Å². The van der Waals surface area contributed by atoms with Crippen molar-refractivity contribution in [3.63, 3.8) is 0 Å². The van der Waals surface area contributed by atoms with Crippen LogP contribution in [0.1, 0.15) is 53.9 Å². The number of carbonyl (C=O) groups excluding carboxylic acids is 1. The van der Waals surface area contributed by atoms with Crippen LogP contribution in [0.4, 0.5) is 11.4 Å². The first kappa shape index (κ1) is 26.6. The van der Waals surface area contributed by atoms with E-state index in [1.54, 1.807) is 10.9 Å². The lowest BCUT2D eigenvalue weighted by atomic mass is 9.95. The Morgan fingerprint density at radius 3 is 2.60 bits per heavy atom. The monoisotopic (exact) mass is 556 g/mol. The normalized spacial score (nSPS) is 16.4. The second-order valence-electron chi connectivity index (χ2n) is 11.9. The molecule has 9 nitrogen and oxygen atoms in total. The van der Waals surface area contributed by atoms with Crippen LogP contribution in [0.5, 0.6) is 0 Å². The number of pyridine rings is 2. The maximum atomic E-state index is 12.9. The maximum Gasteiger partial charge on any atom is 0.265 e. The van der Waals surface area contributed by atoms with E-state index in [1.807, 2.05) is 43.7 Å². The molecule has 0 aromatic carbocycles. The zero-order valence-corrected chi connectivity index (χ0v) is 24.4. The summed E-state index contributed by atoms with van der Waals surface area (Å²) < 4.78 is 1.71. The smallest absolute Gasteiger partial charge is 0.265 e. The Kier molecular flexibility index (Phi) is 7.14. The van der Waals surface area contributed by atoms with Gasteiger partial charge in [-0.1, -0.05) is 26.0 Å². The van der Waals surface area contributed by atoms with Crippen LogP contribution in [0, 0.1) is 12.8 Å². The molecule has 10 heteroatoms. The van der Waals surface area contributed by atoms with Crippen LogP contribution >= 0.6 is 11.3 Å². The first-order chi connectivity index (χ1) is 19.2. The molecule has 1 N–H and O–H groups in total. The molecule has 6 rings (SSSR count). The van der Waals surface area contributed by atoms with Crippen molar-refractivity contribution in [2.24, 2.45) is 5.92 Å². The van der Waals surface area contributed by atoms with Crippen LogP contribution in [0.25, 0.3) is 16.9 Å². The van der Waals surface area contributed by atoms with Gasteiger partial charge in [-0.05, 0) is 55.4 Å². The van der Waals surface area contributed by atoms with E-state index in [4.69, 9.17) is 0 Å². The summed E-state index contributed by atoms with van der Waals surface area (Å²) in [5, 5.41) is 11.8. The molecule has 5 heterocycles. The van der Waals surface area contributed by atoms with Crippen molar-refractivity contribution < 1.29 is 4.79 Å². The van der Waals surface area contributed by atoms with Gasteiger partial charge in [-0.15, -0.1) is 16.4 Å². The van der Waals surface area contributed by atoms with Crippen molar-refractivity contribution in [2.45, 2.75) is 46.0 Å². The molecule has 0 atom stereocenters. The molecule has 2 aliphatic rings. The molecule has 1 aliphatic heterocycles. The number of nitrogens with zero attached hydrogens (tertiary/aromatic N) is 7. The number of aryl methyl sites for hydroxylation is 1. The number of carbonyl (C=O) groups is 1. The van der Waals surface area contributed by atoms with Crippen LogP contribution in [-0.4, -0.2) is 68.5 Å². The third kappa shape index (κ3) is 5.93. The molecular formula is C30H36N8OS. The molecule has 40 heavy (non-hydrogen) atoms. The van der Waals surface area contributed by atoms with E-state index in [9.17, 15) is 4.79 Å². The quantitative estimate of drug-likeness (QED) is 0.336. The number of rotatable bonds is 7. The summed E-state index contributed by atoms with van der Waals surface area (Å²) in [5.74, 6) is 0.783. The molecule has 4 aromatic rings. The van der Waals surface area contributed by atoms with Crippen molar-refractivity contribution in [3.8, 4) is 16.9 Å². The second-order valence-corrected chi connectivity index (χ2v) is 13.0. The highest BCUT2D eigenvalue weighted by atomic mass is 32.1. The van der Waals surface area contributed by atoms with E-state index in [0.29, 0.717) is 10.6 Å². The third-order valence-electron chi connectivity index (χ3n) is 7.60. The average molecular weight is 557 g/mol. The molecule has 1 amide bonds. The van der Waals surface area contributed by atoms with E-state index >= 15 is 0 Å². The number of piperazine rings is 1. The van der Waals surface area contributed by atoms with Gasteiger partial charge in [0.25, 0.3) is 5.91 Å². The lowest BCUT2D eigenvalue weighted by Gasteiger charge is -2.36. The number of aromatic nitrogens is 5. The van der Waals surface area contributed by atoms with Crippen molar-refractivity contribution in [1.29, 1.82) is 0 Å². The van der Waals surface area contributed by atoms with Gasteiger partial charge in [-0.25, -0.2) is 4.68 Å². The summed E-state index contributed by atoms with van der Waals surface area (Å²) in [6, 6.07) is 7.93. The Morgan fingerprint density at radius 2 is 1.88 bits per heavy atom. The predicted molar refractivity (Wildman–Crippen MR) is 159 cm³/mol. The lowest BCUT2D eigenvalue weighted by molar-refractivity contribution is 0.103. The van der Waals surface area contributed by atoms with Crippen molar-refractivity contribution in [2.75, 3.05) is 42.9 Å². The molecule has 1 saturated carbocycles. The van der Waals surface area contributed by atoms with E-state index in [-0.39, 0.29) is 11.3 Å². The number of hydrogen-bond acceptors (Lipinski definition) is 8. The van der Waals surface area contributed by atoms with E-state index < -0.39 is 0 Å². The Hall–Kier alpha value is -3.63. The molecular weight excluding hydrogens is 520 g/mol. The largest absolute Gasteiger partial charge is 0.368 e. The Balaban J connectivity index is 1.16. The molecule has 0 spiro atoms. The van der Waals surface area contributed by atoms with Crippen LogP contribution in [-0.2, 0) is 5.41 Å². The molecule has 0 unspecified atom stereocenters. The van der Waals surface area contributed by atoms with Crippen molar-refractivity contribution >= 4 is 28.6 Å². The van der Waals surface area contributed by atoms with Gasteiger partial charge in [0.05, 0.1) is 46.2 Å². The minimum atomic E-state index is -0.146. The molecule has 1 aliphatic carbocycles. The molecule has 1 saturated heterocycles. The SMILES string of the molecule is Cc1ncc(NC(=O)c2ccc(C(C)(C)C)s2)cc1-n1cc(-c2cncc(N3CCN(CC4CC4)CC3)c2)nn1. The van der Waals surface area contributed by atoms with Crippen LogP contribution in [0.2, 0.25) is 0 Å². The van der Waals surface area contributed by atoms with Gasteiger partial charge in [0.1, 0.15) is 5.69 Å². The van der Waals surface area contributed by atoms with Crippen LogP contribution in [0.3, 0.4) is 0 Å². The predicted octanol–water partition coefficient (Wildman–Crippen LogP) is 5.18. The number of thiophene rings is 1. The van der Waals surface area contributed by atoms with Gasteiger partial charge in [0, 0.05) is 49.4 Å². The minimum Gasteiger partial charge on any atom is -0.368 e. The van der Waals surface area contributed by atoms with Gasteiger partial charge < -0.3 is 10.2 Å². The van der Waals surface area contributed by atoms with E-state index in [0.717, 1.165) is 60.4 Å². The number of anilines is 2. The molecule has 4 aromatic heterocycles. The van der Waals surface area contributed by atoms with Gasteiger partial charge in [-0.2, -0.15) is 0 Å². The highest BCUT2D eigenvalue weighted by molar-refractivity contribution is 7.14. The first-order valence-corrected chi connectivity index (χ1v) is 14.8. The highest BCUT2D eigenvalue weighted by Gasteiger charge is 2.26. The summed E-state index contributed by atoms with van der Waals surface area (Å²) in [7, 11) is 0. The zero-order valence-electron chi connectivity index (χ0n) is 23.6. The summed E-state index contributed by atoms with van der Waals surface area (Å²) in [6.07, 6.45) is 10.1. The summed E-state index contributed by atoms with van der Waals surface area (Å²) >= 11 is 1.52. The molecule has 208 valence electrons. The molecule has 0 bridgehead atoms. The van der Waals surface area contributed by atoms with Crippen LogP contribution in [0.15, 0.2) is 49.1 Å². The summed E-state index contributed by atoms with van der Waals surface area (Å²) in [4.78, 5) is 28.8. The minimum absolute atomic E-state index is 0.00609. The molecule has 0 radical (unpaired) electrons.